The Bertz CT molecular complexity index is 1590. The molecule has 0 spiro atoms. The summed E-state index contributed by atoms with van der Waals surface area (Å²) in [6.07, 6.45) is 1.95. The number of rotatable bonds is 10. The number of hydrogen-bond donors (Lipinski definition) is 2. The first-order chi connectivity index (χ1) is 20.9. The average Bonchev–Trinajstić information content (AvgIpc) is 3.68. The zero-order chi connectivity index (χ0) is 30.3. The number of carbonyl (C=O) groups excluding carboxylic acids is 4. The average molecular weight is 619 g/mol. The topological polar surface area (TPSA) is 124 Å². The monoisotopic (exact) mass is 618 g/mol. The molecule has 0 saturated carbocycles. The van der Waals surface area contributed by atoms with Crippen LogP contribution in [0.5, 0.6) is 0 Å². The summed E-state index contributed by atoms with van der Waals surface area (Å²) >= 11 is 2.65. The molecule has 43 heavy (non-hydrogen) atoms. The van der Waals surface area contributed by atoms with Gasteiger partial charge in [0.2, 0.25) is 0 Å². The van der Waals surface area contributed by atoms with E-state index in [4.69, 9.17) is 14.2 Å². The van der Waals surface area contributed by atoms with Gasteiger partial charge in [-0.25, -0.2) is 4.79 Å². The van der Waals surface area contributed by atoms with Gasteiger partial charge in [-0.1, -0.05) is 60.7 Å². The van der Waals surface area contributed by atoms with Gasteiger partial charge in [-0.05, 0) is 34.9 Å². The van der Waals surface area contributed by atoms with Crippen molar-refractivity contribution < 1.29 is 33.4 Å². The maximum absolute atomic E-state index is 13.4. The number of thioether (sulfide) groups is 2. The molecule has 1 aliphatic heterocycles. The van der Waals surface area contributed by atoms with Crippen LogP contribution in [0.2, 0.25) is 0 Å². The largest absolute Gasteiger partial charge is 0.468 e. The van der Waals surface area contributed by atoms with Gasteiger partial charge in [-0.2, -0.15) is 0 Å². The molecule has 222 valence electrons. The summed E-state index contributed by atoms with van der Waals surface area (Å²) in [5.41, 5.74) is 3.71. The molecule has 0 aliphatic carbocycles. The van der Waals surface area contributed by atoms with Crippen LogP contribution in [0.3, 0.4) is 0 Å². The zero-order valence-corrected chi connectivity index (χ0v) is 25.1. The lowest BCUT2D eigenvalue weighted by molar-refractivity contribution is -0.147. The third-order valence-corrected chi connectivity index (χ3v) is 10.4. The van der Waals surface area contributed by atoms with Gasteiger partial charge in [0.25, 0.3) is 5.91 Å². The molecule has 1 aromatic heterocycles. The highest BCUT2D eigenvalue weighted by Crippen LogP contribution is 2.55. The van der Waals surface area contributed by atoms with Crippen molar-refractivity contribution in [2.24, 2.45) is 0 Å². The predicted octanol–water partition coefficient (Wildman–Crippen LogP) is 4.81. The number of benzene rings is 3. The van der Waals surface area contributed by atoms with Gasteiger partial charge in [-0.3, -0.25) is 14.4 Å². The number of hydrogen-bond acceptors (Lipinski definition) is 9. The van der Waals surface area contributed by atoms with Crippen LogP contribution < -0.4 is 5.32 Å². The normalized spacial score (nSPS) is 18.5. The summed E-state index contributed by atoms with van der Waals surface area (Å²) in [6, 6.07) is 22.7. The number of aromatic nitrogens is 1. The third kappa shape index (κ3) is 6.89. The highest BCUT2D eigenvalue weighted by molar-refractivity contribution is 8.21. The van der Waals surface area contributed by atoms with Crippen molar-refractivity contribution in [3.8, 4) is 0 Å². The van der Waals surface area contributed by atoms with E-state index < -0.39 is 40.4 Å². The summed E-state index contributed by atoms with van der Waals surface area (Å²) in [5.74, 6) is -1.96. The SMILES string of the molecule is COC(=O)C1SC(c2cccc3[nH]cc(C[C@H](NC(=O)c4ccccc4)C(=O)OCc4ccccc4)c23)SC1C(=O)OC. The van der Waals surface area contributed by atoms with Crippen LogP contribution >= 0.6 is 23.5 Å². The Hall–Kier alpha value is -4.22. The van der Waals surface area contributed by atoms with Crippen LogP contribution in [0.4, 0.5) is 0 Å². The molecule has 1 saturated heterocycles. The molecule has 2 heterocycles. The van der Waals surface area contributed by atoms with Crippen LogP contribution in [0.25, 0.3) is 10.9 Å². The molecule has 2 unspecified atom stereocenters. The first-order valence-electron chi connectivity index (χ1n) is 13.5. The van der Waals surface area contributed by atoms with Gasteiger partial charge in [0.15, 0.2) is 0 Å². The fourth-order valence-corrected chi connectivity index (χ4v) is 8.40. The van der Waals surface area contributed by atoms with Gasteiger partial charge in [0.05, 0.1) is 18.8 Å². The number of aromatic amines is 1. The minimum Gasteiger partial charge on any atom is -0.468 e. The highest BCUT2D eigenvalue weighted by atomic mass is 32.2. The molecular formula is C32H30N2O7S2. The van der Waals surface area contributed by atoms with E-state index in [0.717, 1.165) is 27.6 Å². The Kier molecular flexibility index (Phi) is 9.73. The van der Waals surface area contributed by atoms with Gasteiger partial charge in [0.1, 0.15) is 23.1 Å². The van der Waals surface area contributed by atoms with Crippen molar-refractivity contribution in [2.75, 3.05) is 14.2 Å². The third-order valence-electron chi connectivity index (χ3n) is 7.03. The second kappa shape index (κ2) is 13.8. The quantitative estimate of drug-likeness (QED) is 0.190. The van der Waals surface area contributed by atoms with Gasteiger partial charge in [-0.15, -0.1) is 23.5 Å². The van der Waals surface area contributed by atoms with Crippen LogP contribution in [0, 0.1) is 0 Å². The second-order valence-corrected chi connectivity index (χ2v) is 12.6. The highest BCUT2D eigenvalue weighted by Gasteiger charge is 2.46. The summed E-state index contributed by atoms with van der Waals surface area (Å²) in [6.45, 7) is 0.0652. The van der Waals surface area contributed by atoms with Crippen LogP contribution in [-0.2, 0) is 41.6 Å². The van der Waals surface area contributed by atoms with Crippen LogP contribution in [0.15, 0.2) is 85.1 Å². The maximum atomic E-state index is 13.4. The Morgan fingerprint density at radius 3 is 2.09 bits per heavy atom. The molecule has 0 bridgehead atoms. The fourth-order valence-electron chi connectivity index (χ4n) is 4.90. The van der Waals surface area contributed by atoms with E-state index in [0.29, 0.717) is 5.56 Å². The zero-order valence-electron chi connectivity index (χ0n) is 23.5. The molecule has 1 amide bonds. The molecule has 4 aromatic rings. The number of nitrogens with one attached hydrogen (secondary N) is 2. The van der Waals surface area contributed by atoms with E-state index in [2.05, 4.69) is 10.3 Å². The molecule has 1 fully saturated rings. The molecule has 3 atom stereocenters. The lowest BCUT2D eigenvalue weighted by Crippen LogP contribution is -2.43. The Morgan fingerprint density at radius 1 is 0.837 bits per heavy atom. The first-order valence-corrected chi connectivity index (χ1v) is 15.4. The number of fused-ring (bicyclic) bond motifs is 1. The van der Waals surface area contributed by atoms with Crippen LogP contribution in [-0.4, -0.2) is 59.6 Å². The van der Waals surface area contributed by atoms with E-state index >= 15 is 0 Å². The van der Waals surface area contributed by atoms with E-state index in [9.17, 15) is 19.2 Å². The molecule has 2 N–H and O–H groups in total. The van der Waals surface area contributed by atoms with Crippen molar-refractivity contribution in [3.63, 3.8) is 0 Å². The molecule has 9 nitrogen and oxygen atoms in total. The molecule has 0 radical (unpaired) electrons. The standard InChI is InChI=1S/C32H30N2O7S2/c1-39-30(37)26-27(31(38)40-2)43-32(42-26)22-14-9-15-23-25(22)21(17-33-23)16-24(34-28(35)20-12-7-4-8-13-20)29(36)41-18-19-10-5-3-6-11-19/h3-15,17,24,26-27,32-33H,16,18H2,1-2H3,(H,34,35)/t24-,26?,27?,32?/m0/s1. The number of H-pyrrole nitrogens is 1. The van der Waals surface area contributed by atoms with Gasteiger partial charge < -0.3 is 24.5 Å². The molecule has 5 rings (SSSR count). The number of esters is 3. The predicted molar refractivity (Wildman–Crippen MR) is 165 cm³/mol. The van der Waals surface area contributed by atoms with Crippen molar-refractivity contribution in [1.29, 1.82) is 0 Å². The fraction of sp³-hybridized carbons (Fsp3) is 0.250. The maximum Gasteiger partial charge on any atom is 0.329 e. The number of amides is 1. The van der Waals surface area contributed by atoms with E-state index in [1.54, 1.807) is 30.5 Å². The first kappa shape index (κ1) is 30.2. The molecule has 11 heteroatoms. The van der Waals surface area contributed by atoms with Gasteiger partial charge >= 0.3 is 17.9 Å². The van der Waals surface area contributed by atoms with Crippen molar-refractivity contribution in [3.05, 3.63) is 107 Å². The van der Waals surface area contributed by atoms with E-state index in [1.807, 2.05) is 54.6 Å². The Labute approximate surface area is 257 Å². The summed E-state index contributed by atoms with van der Waals surface area (Å²) in [7, 11) is 2.59. The van der Waals surface area contributed by atoms with Crippen molar-refractivity contribution in [1.82, 2.24) is 10.3 Å². The summed E-state index contributed by atoms with van der Waals surface area (Å²) in [4.78, 5) is 54.9. The van der Waals surface area contributed by atoms with E-state index in [1.165, 1.54) is 37.7 Å². The summed E-state index contributed by atoms with van der Waals surface area (Å²) in [5, 5.41) is 2.22. The molecule has 1 aliphatic rings. The van der Waals surface area contributed by atoms with Crippen LogP contribution in [0.1, 0.15) is 31.6 Å². The molecule has 3 aromatic carbocycles. The second-order valence-electron chi connectivity index (χ2n) is 9.76. The van der Waals surface area contributed by atoms with Crippen molar-refractivity contribution >= 4 is 58.2 Å². The molecular weight excluding hydrogens is 588 g/mol. The van der Waals surface area contributed by atoms with E-state index in [-0.39, 0.29) is 17.6 Å². The summed E-state index contributed by atoms with van der Waals surface area (Å²) < 4.78 is 15.3. The Morgan fingerprint density at radius 2 is 1.47 bits per heavy atom. The van der Waals surface area contributed by atoms with Gasteiger partial charge in [0, 0.05) is 29.1 Å². The number of methoxy groups -OCH3 is 2. The minimum absolute atomic E-state index is 0.0652. The number of carbonyl (C=O) groups is 4. The number of ether oxygens (including phenoxy) is 3. The Balaban J connectivity index is 1.44. The lowest BCUT2D eigenvalue weighted by atomic mass is 10.0. The smallest absolute Gasteiger partial charge is 0.329 e. The lowest BCUT2D eigenvalue weighted by Gasteiger charge is -2.19. The minimum atomic E-state index is -0.988. The van der Waals surface area contributed by atoms with Crippen molar-refractivity contribution in [2.45, 2.75) is 34.2 Å².